The summed E-state index contributed by atoms with van der Waals surface area (Å²) >= 11 is 5.04. The average molecular weight is 324 g/mol. The fourth-order valence-electron chi connectivity index (χ4n) is 1.97. The van der Waals surface area contributed by atoms with Crippen molar-refractivity contribution in [2.24, 2.45) is 0 Å². The summed E-state index contributed by atoms with van der Waals surface area (Å²) in [5.74, 6) is 0.890. The van der Waals surface area contributed by atoms with Gasteiger partial charge in [0.2, 0.25) is 0 Å². The maximum atomic E-state index is 12.5. The summed E-state index contributed by atoms with van der Waals surface area (Å²) in [6.07, 6.45) is 1.52. The van der Waals surface area contributed by atoms with Crippen molar-refractivity contribution in [3.05, 3.63) is 46.8 Å². The van der Waals surface area contributed by atoms with E-state index in [1.165, 1.54) is 6.26 Å². The van der Waals surface area contributed by atoms with Gasteiger partial charge in [0.1, 0.15) is 0 Å². The van der Waals surface area contributed by atoms with Crippen molar-refractivity contribution in [1.82, 2.24) is 0 Å². The third-order valence-corrected chi connectivity index (χ3v) is 4.48. The molecule has 1 amide bonds. The van der Waals surface area contributed by atoms with E-state index >= 15 is 0 Å². The van der Waals surface area contributed by atoms with Crippen LogP contribution in [0.4, 0.5) is 5.69 Å². The number of anilines is 1. The van der Waals surface area contributed by atoms with E-state index in [-0.39, 0.29) is 5.91 Å². The van der Waals surface area contributed by atoms with E-state index in [1.807, 2.05) is 24.3 Å². The number of hydrogen-bond donors (Lipinski definition) is 0. The molecule has 2 aromatic rings. The SMILES string of the molecule is O=C(c1ccoc1Br)N1CCSc2ccccc21. The Bertz CT molecular complexity index is 596. The fraction of sp³-hybridized carbons (Fsp3) is 0.154. The second-order valence-electron chi connectivity index (χ2n) is 3.88. The van der Waals surface area contributed by atoms with Gasteiger partial charge in [-0.25, -0.2) is 0 Å². The van der Waals surface area contributed by atoms with Crippen LogP contribution in [0.5, 0.6) is 0 Å². The molecule has 0 atom stereocenters. The standard InChI is InChI=1S/C13H10BrNO2S/c14-12-9(5-7-17-12)13(16)15-6-8-18-11-4-2-1-3-10(11)15/h1-5,7H,6,8H2. The van der Waals surface area contributed by atoms with Gasteiger partial charge in [-0.15, -0.1) is 11.8 Å². The highest BCUT2D eigenvalue weighted by Gasteiger charge is 2.25. The van der Waals surface area contributed by atoms with Gasteiger partial charge < -0.3 is 9.32 Å². The van der Waals surface area contributed by atoms with Gasteiger partial charge >= 0.3 is 0 Å². The summed E-state index contributed by atoms with van der Waals surface area (Å²) in [6, 6.07) is 9.66. The molecule has 0 unspecified atom stereocenters. The molecule has 0 radical (unpaired) electrons. The van der Waals surface area contributed by atoms with E-state index in [0.717, 1.165) is 22.9 Å². The van der Waals surface area contributed by atoms with Crippen molar-refractivity contribution in [1.29, 1.82) is 0 Å². The van der Waals surface area contributed by atoms with Crippen molar-refractivity contribution >= 4 is 39.3 Å². The number of rotatable bonds is 1. The third kappa shape index (κ3) is 1.97. The summed E-state index contributed by atoms with van der Waals surface area (Å²) in [7, 11) is 0. The highest BCUT2D eigenvalue weighted by molar-refractivity contribution is 9.10. The van der Waals surface area contributed by atoms with E-state index in [9.17, 15) is 4.79 Å². The molecular weight excluding hydrogens is 314 g/mol. The monoisotopic (exact) mass is 323 g/mol. The van der Waals surface area contributed by atoms with Gasteiger partial charge in [-0.05, 0) is 34.1 Å². The largest absolute Gasteiger partial charge is 0.457 e. The number of amides is 1. The summed E-state index contributed by atoms with van der Waals surface area (Å²) < 4.78 is 5.62. The Balaban J connectivity index is 2.00. The highest BCUT2D eigenvalue weighted by Crippen LogP contribution is 2.35. The molecule has 1 aromatic carbocycles. The van der Waals surface area contributed by atoms with Gasteiger partial charge in [0.05, 0.1) is 17.5 Å². The van der Waals surface area contributed by atoms with Crippen LogP contribution in [-0.4, -0.2) is 18.2 Å². The molecule has 0 bridgehead atoms. The minimum Gasteiger partial charge on any atom is -0.457 e. The molecule has 1 aromatic heterocycles. The average Bonchev–Trinajstić information content (AvgIpc) is 2.83. The van der Waals surface area contributed by atoms with Gasteiger partial charge in [-0.2, -0.15) is 0 Å². The molecule has 3 nitrogen and oxygen atoms in total. The van der Waals surface area contributed by atoms with Crippen molar-refractivity contribution in [2.75, 3.05) is 17.2 Å². The lowest BCUT2D eigenvalue weighted by Crippen LogP contribution is -2.35. The highest BCUT2D eigenvalue weighted by atomic mass is 79.9. The zero-order chi connectivity index (χ0) is 12.5. The topological polar surface area (TPSA) is 33.5 Å². The number of nitrogens with zero attached hydrogens (tertiary/aromatic N) is 1. The van der Waals surface area contributed by atoms with Crippen LogP contribution < -0.4 is 4.90 Å². The van der Waals surface area contributed by atoms with Gasteiger partial charge in [0, 0.05) is 17.2 Å². The quantitative estimate of drug-likeness (QED) is 0.800. The molecule has 0 fully saturated rings. The lowest BCUT2D eigenvalue weighted by molar-refractivity contribution is 0.0986. The Morgan fingerprint density at radius 3 is 2.94 bits per heavy atom. The van der Waals surface area contributed by atoms with Crippen LogP contribution in [0.15, 0.2) is 50.6 Å². The minimum absolute atomic E-state index is 0.0247. The normalized spacial score (nSPS) is 14.4. The predicted molar refractivity (Wildman–Crippen MR) is 75.3 cm³/mol. The number of furan rings is 1. The molecular formula is C13H10BrNO2S. The number of para-hydroxylation sites is 1. The molecule has 92 valence electrons. The number of thioether (sulfide) groups is 1. The van der Waals surface area contributed by atoms with Crippen LogP contribution in [0.2, 0.25) is 0 Å². The summed E-state index contributed by atoms with van der Waals surface area (Å²) in [5, 5.41) is 0. The smallest absolute Gasteiger partial charge is 0.262 e. The lowest BCUT2D eigenvalue weighted by Gasteiger charge is -2.28. The zero-order valence-electron chi connectivity index (χ0n) is 9.43. The van der Waals surface area contributed by atoms with Crippen LogP contribution in [0, 0.1) is 0 Å². The first-order valence-corrected chi connectivity index (χ1v) is 7.32. The van der Waals surface area contributed by atoms with E-state index in [2.05, 4.69) is 15.9 Å². The fourth-order valence-corrected chi connectivity index (χ4v) is 3.38. The first kappa shape index (κ1) is 11.9. The number of hydrogen-bond acceptors (Lipinski definition) is 3. The van der Waals surface area contributed by atoms with Crippen LogP contribution in [0.25, 0.3) is 0 Å². The second-order valence-corrected chi connectivity index (χ2v) is 5.74. The Morgan fingerprint density at radius 1 is 1.33 bits per heavy atom. The Kier molecular flexibility index (Phi) is 3.18. The molecule has 0 spiro atoms. The van der Waals surface area contributed by atoms with Gasteiger partial charge in [-0.1, -0.05) is 12.1 Å². The molecule has 18 heavy (non-hydrogen) atoms. The predicted octanol–water partition coefficient (Wildman–Crippen LogP) is 3.79. The van der Waals surface area contributed by atoms with Gasteiger partial charge in [-0.3, -0.25) is 4.79 Å². The summed E-state index contributed by atoms with van der Waals surface area (Å²) in [6.45, 7) is 0.720. The van der Waals surface area contributed by atoms with E-state index in [0.29, 0.717) is 10.2 Å². The molecule has 3 rings (SSSR count). The first-order chi connectivity index (χ1) is 8.77. The van der Waals surface area contributed by atoms with Crippen LogP contribution in [0.3, 0.4) is 0 Å². The van der Waals surface area contributed by atoms with Crippen molar-refractivity contribution in [2.45, 2.75) is 4.90 Å². The second kappa shape index (κ2) is 4.82. The van der Waals surface area contributed by atoms with Crippen LogP contribution in [0.1, 0.15) is 10.4 Å². The number of fused-ring (bicyclic) bond motifs is 1. The molecule has 0 saturated heterocycles. The molecule has 1 aliphatic rings. The van der Waals surface area contributed by atoms with E-state index in [4.69, 9.17) is 4.42 Å². The molecule has 0 aliphatic carbocycles. The van der Waals surface area contributed by atoms with Gasteiger partial charge in [0.15, 0.2) is 4.67 Å². The minimum atomic E-state index is -0.0247. The number of halogens is 1. The molecule has 5 heteroatoms. The third-order valence-electron chi connectivity index (χ3n) is 2.82. The Morgan fingerprint density at radius 2 is 2.17 bits per heavy atom. The maximum Gasteiger partial charge on any atom is 0.262 e. The maximum absolute atomic E-state index is 12.5. The van der Waals surface area contributed by atoms with Crippen molar-refractivity contribution < 1.29 is 9.21 Å². The number of benzene rings is 1. The van der Waals surface area contributed by atoms with Crippen molar-refractivity contribution in [3.8, 4) is 0 Å². The Hall–Kier alpha value is -1.20. The molecule has 0 N–H and O–H groups in total. The Labute approximate surface area is 117 Å². The zero-order valence-corrected chi connectivity index (χ0v) is 11.8. The number of carbonyl (C=O) groups is 1. The molecule has 1 aliphatic heterocycles. The summed E-state index contributed by atoms with van der Waals surface area (Å²) in [5.41, 5.74) is 1.54. The lowest BCUT2D eigenvalue weighted by atomic mass is 10.2. The van der Waals surface area contributed by atoms with Crippen LogP contribution >= 0.6 is 27.7 Å². The van der Waals surface area contributed by atoms with Crippen LogP contribution in [-0.2, 0) is 0 Å². The number of carbonyl (C=O) groups excluding carboxylic acids is 1. The van der Waals surface area contributed by atoms with Crippen molar-refractivity contribution in [3.63, 3.8) is 0 Å². The molecule has 2 heterocycles. The van der Waals surface area contributed by atoms with Gasteiger partial charge in [0.25, 0.3) is 5.91 Å². The summed E-state index contributed by atoms with van der Waals surface area (Å²) in [4.78, 5) is 15.4. The van der Waals surface area contributed by atoms with E-state index in [1.54, 1.807) is 22.7 Å². The van der Waals surface area contributed by atoms with E-state index < -0.39 is 0 Å². The first-order valence-electron chi connectivity index (χ1n) is 5.54. The molecule has 0 saturated carbocycles.